The summed E-state index contributed by atoms with van der Waals surface area (Å²) in [5.41, 5.74) is 2.10. The van der Waals surface area contributed by atoms with Crippen molar-refractivity contribution in [2.45, 2.75) is 6.92 Å². The molecule has 0 unspecified atom stereocenters. The number of hydrogen-bond donors (Lipinski definition) is 3. The van der Waals surface area contributed by atoms with Gasteiger partial charge in [-0.05, 0) is 36.4 Å². The predicted molar refractivity (Wildman–Crippen MR) is 97.8 cm³/mol. The van der Waals surface area contributed by atoms with Gasteiger partial charge in [-0.25, -0.2) is 4.79 Å². The number of carbonyl (C=O) groups excluding carboxylic acids is 3. The van der Waals surface area contributed by atoms with Gasteiger partial charge in [-0.2, -0.15) is 0 Å². The van der Waals surface area contributed by atoms with Crippen molar-refractivity contribution < 1.29 is 14.4 Å². The molecule has 0 aromatic heterocycles. The maximum Gasteiger partial charge on any atom is 0.323 e. The van der Waals surface area contributed by atoms with E-state index in [1.54, 1.807) is 62.6 Å². The van der Waals surface area contributed by atoms with Gasteiger partial charge in [0.1, 0.15) is 0 Å². The van der Waals surface area contributed by atoms with E-state index in [1.165, 1.54) is 11.8 Å². The fraction of sp³-hybridized carbons (Fsp3) is 0.167. The number of anilines is 3. The summed E-state index contributed by atoms with van der Waals surface area (Å²) in [5.74, 6) is -0.337. The number of carbonyl (C=O) groups is 3. The van der Waals surface area contributed by atoms with Crippen LogP contribution in [0.2, 0.25) is 0 Å². The Balaban J connectivity index is 2.04. The summed E-state index contributed by atoms with van der Waals surface area (Å²) in [6.07, 6.45) is 0. The average Bonchev–Trinajstić information content (AvgIpc) is 2.53. The molecule has 130 valence electrons. The van der Waals surface area contributed by atoms with E-state index < -0.39 is 6.03 Å². The first-order valence-electron chi connectivity index (χ1n) is 7.62. The van der Waals surface area contributed by atoms with Gasteiger partial charge in [-0.3, -0.25) is 9.59 Å². The van der Waals surface area contributed by atoms with Gasteiger partial charge in [0.25, 0.3) is 5.91 Å². The molecule has 0 saturated carbocycles. The Morgan fingerprint density at radius 1 is 0.800 bits per heavy atom. The first-order valence-corrected chi connectivity index (χ1v) is 7.62. The van der Waals surface area contributed by atoms with Crippen molar-refractivity contribution in [3.63, 3.8) is 0 Å². The average molecular weight is 340 g/mol. The molecule has 7 heteroatoms. The van der Waals surface area contributed by atoms with Crippen LogP contribution < -0.4 is 16.0 Å². The van der Waals surface area contributed by atoms with Crippen molar-refractivity contribution in [3.05, 3.63) is 54.1 Å². The van der Waals surface area contributed by atoms with Crippen molar-refractivity contribution in [3.8, 4) is 0 Å². The zero-order valence-electron chi connectivity index (χ0n) is 14.3. The first kappa shape index (κ1) is 18.0. The lowest BCUT2D eigenvalue weighted by molar-refractivity contribution is -0.114. The zero-order valence-corrected chi connectivity index (χ0v) is 14.3. The zero-order chi connectivity index (χ0) is 18.4. The van der Waals surface area contributed by atoms with Gasteiger partial charge in [-0.1, -0.05) is 12.1 Å². The molecule has 3 N–H and O–H groups in total. The monoisotopic (exact) mass is 340 g/mol. The number of hydrogen-bond acceptors (Lipinski definition) is 3. The third kappa shape index (κ3) is 5.35. The van der Waals surface area contributed by atoms with Crippen LogP contribution in [0, 0.1) is 0 Å². The first-order chi connectivity index (χ1) is 11.8. The van der Waals surface area contributed by atoms with Gasteiger partial charge < -0.3 is 20.9 Å². The lowest BCUT2D eigenvalue weighted by Crippen LogP contribution is -2.22. The SMILES string of the molecule is CC(=O)Nc1cccc(NC(=O)Nc2cccc(C(=O)N(C)C)c2)c1. The topological polar surface area (TPSA) is 90.5 Å². The van der Waals surface area contributed by atoms with Gasteiger partial charge in [0.15, 0.2) is 0 Å². The highest BCUT2D eigenvalue weighted by Crippen LogP contribution is 2.16. The molecule has 0 spiro atoms. The van der Waals surface area contributed by atoms with E-state index >= 15 is 0 Å². The van der Waals surface area contributed by atoms with Crippen molar-refractivity contribution in [2.75, 3.05) is 30.0 Å². The van der Waals surface area contributed by atoms with Crippen LogP contribution in [-0.2, 0) is 4.79 Å². The van der Waals surface area contributed by atoms with Gasteiger partial charge in [0.05, 0.1) is 0 Å². The largest absolute Gasteiger partial charge is 0.345 e. The Bertz CT molecular complexity index is 802. The number of nitrogens with zero attached hydrogens (tertiary/aromatic N) is 1. The molecule has 2 rings (SSSR count). The minimum absolute atomic E-state index is 0.146. The number of amides is 4. The third-order valence-corrected chi connectivity index (χ3v) is 3.21. The van der Waals surface area contributed by atoms with Crippen molar-refractivity contribution >= 4 is 34.9 Å². The Labute approximate surface area is 146 Å². The smallest absolute Gasteiger partial charge is 0.323 e. The van der Waals surface area contributed by atoms with Crippen LogP contribution in [0.3, 0.4) is 0 Å². The molecule has 0 aliphatic heterocycles. The molecular weight excluding hydrogens is 320 g/mol. The summed E-state index contributed by atoms with van der Waals surface area (Å²) in [6, 6.07) is 13.0. The van der Waals surface area contributed by atoms with E-state index in [9.17, 15) is 14.4 Å². The molecule has 0 aliphatic carbocycles. The number of nitrogens with one attached hydrogen (secondary N) is 3. The highest BCUT2D eigenvalue weighted by Gasteiger charge is 2.10. The fourth-order valence-electron chi connectivity index (χ4n) is 2.16. The Morgan fingerprint density at radius 3 is 1.88 bits per heavy atom. The second-order valence-electron chi connectivity index (χ2n) is 5.62. The van der Waals surface area contributed by atoms with E-state index in [0.717, 1.165) is 0 Å². The highest BCUT2D eigenvalue weighted by atomic mass is 16.2. The Morgan fingerprint density at radius 2 is 1.32 bits per heavy atom. The molecule has 7 nitrogen and oxygen atoms in total. The van der Waals surface area contributed by atoms with Crippen molar-refractivity contribution in [1.82, 2.24) is 4.90 Å². The molecule has 0 radical (unpaired) electrons. The van der Waals surface area contributed by atoms with E-state index in [0.29, 0.717) is 22.6 Å². The molecule has 0 saturated heterocycles. The summed E-state index contributed by atoms with van der Waals surface area (Å²) in [5, 5.41) is 8.00. The summed E-state index contributed by atoms with van der Waals surface area (Å²) in [6.45, 7) is 1.41. The van der Waals surface area contributed by atoms with Gasteiger partial charge in [-0.15, -0.1) is 0 Å². The van der Waals surface area contributed by atoms with Crippen molar-refractivity contribution in [1.29, 1.82) is 0 Å². The molecule has 0 fully saturated rings. The third-order valence-electron chi connectivity index (χ3n) is 3.21. The van der Waals surface area contributed by atoms with E-state index in [-0.39, 0.29) is 11.8 Å². The van der Waals surface area contributed by atoms with E-state index in [1.807, 2.05) is 0 Å². The lowest BCUT2D eigenvalue weighted by atomic mass is 10.2. The lowest BCUT2D eigenvalue weighted by Gasteiger charge is -2.12. The molecule has 2 aromatic carbocycles. The molecule has 0 aliphatic rings. The summed E-state index contributed by atoms with van der Waals surface area (Å²) >= 11 is 0. The molecule has 25 heavy (non-hydrogen) atoms. The molecular formula is C18H20N4O3. The minimum Gasteiger partial charge on any atom is -0.345 e. The predicted octanol–water partition coefficient (Wildman–Crippen LogP) is 2.99. The van der Waals surface area contributed by atoms with Crippen LogP contribution >= 0.6 is 0 Å². The fourth-order valence-corrected chi connectivity index (χ4v) is 2.16. The van der Waals surface area contributed by atoms with Crippen molar-refractivity contribution in [2.24, 2.45) is 0 Å². The maximum atomic E-state index is 12.1. The minimum atomic E-state index is -0.450. The molecule has 0 bridgehead atoms. The highest BCUT2D eigenvalue weighted by molar-refractivity contribution is 6.01. The maximum absolute atomic E-state index is 12.1. The van der Waals surface area contributed by atoms with E-state index in [2.05, 4.69) is 16.0 Å². The standard InChI is InChI=1S/C18H20N4O3/c1-12(23)19-15-8-5-9-16(11-15)21-18(25)20-14-7-4-6-13(10-14)17(24)22(2)3/h4-11H,1-3H3,(H,19,23)(H2,20,21,25). The number of urea groups is 1. The normalized spacial score (nSPS) is 9.88. The van der Waals surface area contributed by atoms with Crippen LogP contribution in [0.5, 0.6) is 0 Å². The molecule has 4 amide bonds. The summed E-state index contributed by atoms with van der Waals surface area (Å²) in [7, 11) is 3.33. The van der Waals surface area contributed by atoms with Gasteiger partial charge in [0.2, 0.25) is 5.91 Å². The number of rotatable bonds is 4. The second-order valence-corrected chi connectivity index (χ2v) is 5.62. The molecule has 2 aromatic rings. The number of benzene rings is 2. The summed E-state index contributed by atoms with van der Waals surface area (Å²) in [4.78, 5) is 36.6. The van der Waals surface area contributed by atoms with Gasteiger partial charge >= 0.3 is 6.03 Å². The van der Waals surface area contributed by atoms with Crippen LogP contribution in [0.4, 0.5) is 21.9 Å². The Hall–Kier alpha value is -3.35. The van der Waals surface area contributed by atoms with Crippen LogP contribution in [0.1, 0.15) is 17.3 Å². The Kier molecular flexibility index (Phi) is 5.73. The molecule has 0 heterocycles. The molecule has 0 atom stereocenters. The quantitative estimate of drug-likeness (QED) is 0.799. The van der Waals surface area contributed by atoms with E-state index in [4.69, 9.17) is 0 Å². The second kappa shape index (κ2) is 7.96. The van der Waals surface area contributed by atoms with Crippen LogP contribution in [-0.4, -0.2) is 36.8 Å². The van der Waals surface area contributed by atoms with Crippen LogP contribution in [0.25, 0.3) is 0 Å². The van der Waals surface area contributed by atoms with Gasteiger partial charge in [0, 0.05) is 43.6 Å². The van der Waals surface area contributed by atoms with Crippen LogP contribution in [0.15, 0.2) is 48.5 Å². The summed E-state index contributed by atoms with van der Waals surface area (Å²) < 4.78 is 0.